The van der Waals surface area contributed by atoms with Gasteiger partial charge in [-0.2, -0.15) is 0 Å². The van der Waals surface area contributed by atoms with Crippen molar-refractivity contribution in [2.24, 2.45) is 5.41 Å². The van der Waals surface area contributed by atoms with Crippen LogP contribution in [-0.4, -0.2) is 36.5 Å². The van der Waals surface area contributed by atoms with Gasteiger partial charge < -0.3 is 10.2 Å². The zero-order valence-corrected chi connectivity index (χ0v) is 10.5. The highest BCUT2D eigenvalue weighted by Crippen LogP contribution is 2.18. The molecule has 0 spiro atoms. The molecule has 1 amide bonds. The van der Waals surface area contributed by atoms with Crippen molar-refractivity contribution in [2.75, 3.05) is 19.6 Å². The maximum atomic E-state index is 10.9. The van der Waals surface area contributed by atoms with Crippen LogP contribution >= 0.6 is 0 Å². The summed E-state index contributed by atoms with van der Waals surface area (Å²) in [7, 11) is 0. The highest BCUT2D eigenvalue weighted by Gasteiger charge is 2.22. The average molecular weight is 212 g/mol. The van der Waals surface area contributed by atoms with E-state index in [0.29, 0.717) is 11.5 Å². The zero-order chi connectivity index (χ0) is 11.5. The molecule has 1 fully saturated rings. The standard InChI is InChI=1S/C12H24N2O/c1-10(15)13-11-5-7-14(8-6-11)9-12(2,3)4/h11H,5-9H2,1-4H3,(H,13,15). The molecule has 0 aliphatic carbocycles. The molecule has 0 atom stereocenters. The molecule has 0 aromatic carbocycles. The van der Waals surface area contributed by atoms with Crippen molar-refractivity contribution in [3.8, 4) is 0 Å². The van der Waals surface area contributed by atoms with Gasteiger partial charge in [-0.25, -0.2) is 0 Å². The van der Waals surface area contributed by atoms with Crippen molar-refractivity contribution in [3.63, 3.8) is 0 Å². The largest absolute Gasteiger partial charge is 0.354 e. The molecule has 0 aromatic rings. The Morgan fingerprint density at radius 2 is 1.87 bits per heavy atom. The lowest BCUT2D eigenvalue weighted by molar-refractivity contribution is -0.120. The van der Waals surface area contributed by atoms with E-state index in [9.17, 15) is 4.79 Å². The molecule has 1 heterocycles. The van der Waals surface area contributed by atoms with Crippen molar-refractivity contribution in [3.05, 3.63) is 0 Å². The zero-order valence-electron chi connectivity index (χ0n) is 10.5. The van der Waals surface area contributed by atoms with Crippen molar-refractivity contribution in [2.45, 2.75) is 46.6 Å². The van der Waals surface area contributed by atoms with Crippen molar-refractivity contribution in [1.82, 2.24) is 10.2 Å². The Labute approximate surface area is 93.2 Å². The number of hydrogen-bond acceptors (Lipinski definition) is 2. The fraction of sp³-hybridized carbons (Fsp3) is 0.917. The molecule has 0 aromatic heterocycles. The molecule has 1 saturated heterocycles. The normalized spacial score (nSPS) is 20.3. The molecule has 0 bridgehead atoms. The molecule has 3 heteroatoms. The SMILES string of the molecule is CC(=O)NC1CCN(CC(C)(C)C)CC1. The molecular formula is C12H24N2O. The summed E-state index contributed by atoms with van der Waals surface area (Å²) in [4.78, 5) is 13.4. The molecule has 88 valence electrons. The Morgan fingerprint density at radius 3 is 2.27 bits per heavy atom. The van der Waals surface area contributed by atoms with Gasteiger partial charge in [-0.1, -0.05) is 20.8 Å². The first-order chi connectivity index (χ1) is 6.87. The van der Waals surface area contributed by atoms with E-state index in [-0.39, 0.29) is 5.91 Å². The second-order valence-electron chi connectivity index (χ2n) is 5.81. The van der Waals surface area contributed by atoms with Crippen LogP contribution in [0.2, 0.25) is 0 Å². The number of amides is 1. The highest BCUT2D eigenvalue weighted by molar-refractivity contribution is 5.73. The van der Waals surface area contributed by atoms with Gasteiger partial charge in [0, 0.05) is 32.6 Å². The number of hydrogen-bond donors (Lipinski definition) is 1. The van der Waals surface area contributed by atoms with Crippen LogP contribution in [0.5, 0.6) is 0 Å². The van der Waals surface area contributed by atoms with E-state index in [1.54, 1.807) is 6.92 Å². The third kappa shape index (κ3) is 5.17. The number of piperidine rings is 1. The highest BCUT2D eigenvalue weighted by atomic mass is 16.1. The van der Waals surface area contributed by atoms with Gasteiger partial charge in [-0.3, -0.25) is 4.79 Å². The summed E-state index contributed by atoms with van der Waals surface area (Å²) in [6, 6.07) is 0.402. The fourth-order valence-electron chi connectivity index (χ4n) is 2.19. The summed E-state index contributed by atoms with van der Waals surface area (Å²) in [5.41, 5.74) is 0.376. The molecule has 1 aliphatic rings. The molecule has 1 N–H and O–H groups in total. The fourth-order valence-corrected chi connectivity index (χ4v) is 2.19. The van der Waals surface area contributed by atoms with Crippen molar-refractivity contribution < 1.29 is 4.79 Å². The van der Waals surface area contributed by atoms with Gasteiger partial charge >= 0.3 is 0 Å². The Hall–Kier alpha value is -0.570. The van der Waals surface area contributed by atoms with Crippen LogP contribution in [0.3, 0.4) is 0 Å². The number of nitrogens with one attached hydrogen (secondary N) is 1. The minimum absolute atomic E-state index is 0.101. The van der Waals surface area contributed by atoms with Gasteiger partial charge in [-0.05, 0) is 18.3 Å². The van der Waals surface area contributed by atoms with E-state index in [1.807, 2.05) is 0 Å². The minimum Gasteiger partial charge on any atom is -0.354 e. The second kappa shape index (κ2) is 4.97. The molecular weight excluding hydrogens is 188 g/mol. The number of likely N-dealkylation sites (tertiary alicyclic amines) is 1. The van der Waals surface area contributed by atoms with Gasteiger partial charge in [0.2, 0.25) is 5.91 Å². The number of carbonyl (C=O) groups is 1. The lowest BCUT2D eigenvalue weighted by Crippen LogP contribution is -2.46. The first kappa shape index (κ1) is 12.5. The average Bonchev–Trinajstić information content (AvgIpc) is 2.05. The summed E-state index contributed by atoms with van der Waals surface area (Å²) < 4.78 is 0. The third-order valence-corrected chi connectivity index (χ3v) is 2.69. The molecule has 0 saturated carbocycles. The monoisotopic (exact) mass is 212 g/mol. The molecule has 0 radical (unpaired) electrons. The van der Waals surface area contributed by atoms with Crippen LogP contribution in [0.25, 0.3) is 0 Å². The smallest absolute Gasteiger partial charge is 0.217 e. The molecule has 1 aliphatic heterocycles. The summed E-state index contributed by atoms with van der Waals surface area (Å²) in [6.07, 6.45) is 2.19. The minimum atomic E-state index is 0.101. The lowest BCUT2D eigenvalue weighted by atomic mass is 9.94. The molecule has 15 heavy (non-hydrogen) atoms. The number of nitrogens with zero attached hydrogens (tertiary/aromatic N) is 1. The first-order valence-corrected chi connectivity index (χ1v) is 5.86. The van der Waals surface area contributed by atoms with E-state index in [0.717, 1.165) is 32.5 Å². The topological polar surface area (TPSA) is 32.3 Å². The van der Waals surface area contributed by atoms with Crippen LogP contribution in [-0.2, 0) is 4.79 Å². The van der Waals surface area contributed by atoms with E-state index in [4.69, 9.17) is 0 Å². The Morgan fingerprint density at radius 1 is 1.33 bits per heavy atom. The van der Waals surface area contributed by atoms with Crippen LogP contribution in [0.4, 0.5) is 0 Å². The van der Waals surface area contributed by atoms with Crippen molar-refractivity contribution in [1.29, 1.82) is 0 Å². The first-order valence-electron chi connectivity index (χ1n) is 5.86. The number of carbonyl (C=O) groups excluding carboxylic acids is 1. The van der Waals surface area contributed by atoms with E-state index in [2.05, 4.69) is 31.0 Å². The molecule has 1 rings (SSSR count). The Balaban J connectivity index is 2.27. The number of rotatable bonds is 2. The summed E-state index contributed by atoms with van der Waals surface area (Å²) in [5.74, 6) is 0.101. The van der Waals surface area contributed by atoms with E-state index < -0.39 is 0 Å². The van der Waals surface area contributed by atoms with E-state index >= 15 is 0 Å². The van der Waals surface area contributed by atoms with Crippen LogP contribution in [0, 0.1) is 5.41 Å². The van der Waals surface area contributed by atoms with Crippen molar-refractivity contribution >= 4 is 5.91 Å². The third-order valence-electron chi connectivity index (χ3n) is 2.69. The molecule has 3 nitrogen and oxygen atoms in total. The van der Waals surface area contributed by atoms with Gasteiger partial charge in [-0.15, -0.1) is 0 Å². The Kier molecular flexibility index (Phi) is 4.14. The van der Waals surface area contributed by atoms with Crippen LogP contribution in [0.1, 0.15) is 40.5 Å². The quantitative estimate of drug-likeness (QED) is 0.754. The maximum absolute atomic E-state index is 10.9. The van der Waals surface area contributed by atoms with Crippen LogP contribution < -0.4 is 5.32 Å². The summed E-state index contributed by atoms with van der Waals surface area (Å²) >= 11 is 0. The second-order valence-corrected chi connectivity index (χ2v) is 5.81. The van der Waals surface area contributed by atoms with Gasteiger partial charge in [0.25, 0.3) is 0 Å². The van der Waals surface area contributed by atoms with E-state index in [1.165, 1.54) is 0 Å². The summed E-state index contributed by atoms with van der Waals surface area (Å²) in [5, 5.41) is 3.00. The van der Waals surface area contributed by atoms with Gasteiger partial charge in [0.15, 0.2) is 0 Å². The predicted octanol–water partition coefficient (Wildman–Crippen LogP) is 1.63. The van der Waals surface area contributed by atoms with Gasteiger partial charge in [0.1, 0.15) is 0 Å². The predicted molar refractivity (Wildman–Crippen MR) is 62.7 cm³/mol. The van der Waals surface area contributed by atoms with Crippen LogP contribution in [0.15, 0.2) is 0 Å². The molecule has 0 unspecified atom stereocenters. The Bertz CT molecular complexity index is 212. The van der Waals surface area contributed by atoms with Gasteiger partial charge in [0.05, 0.1) is 0 Å². The maximum Gasteiger partial charge on any atom is 0.217 e. The lowest BCUT2D eigenvalue weighted by Gasteiger charge is -2.36. The summed E-state index contributed by atoms with van der Waals surface area (Å²) in [6.45, 7) is 11.8.